The molecule has 0 spiro atoms. The minimum Gasteiger partial charge on any atom is -0.322 e. The number of anilines is 1. The number of fused-ring (bicyclic) bond motifs is 1. The summed E-state index contributed by atoms with van der Waals surface area (Å²) in [5, 5.41) is 2.70. The van der Waals surface area contributed by atoms with Gasteiger partial charge in [-0.3, -0.25) is 25.1 Å². The van der Waals surface area contributed by atoms with Crippen LogP contribution in [0.4, 0.5) is 5.95 Å². The molecule has 7 nitrogen and oxygen atoms in total. The molecule has 2 N–H and O–H groups in total. The first kappa shape index (κ1) is 15.9. The van der Waals surface area contributed by atoms with Gasteiger partial charge >= 0.3 is 0 Å². The van der Waals surface area contributed by atoms with E-state index in [0.717, 1.165) is 33.7 Å². The van der Waals surface area contributed by atoms with Gasteiger partial charge in [-0.15, -0.1) is 0 Å². The van der Waals surface area contributed by atoms with Crippen LogP contribution >= 0.6 is 0 Å². The van der Waals surface area contributed by atoms with Crippen LogP contribution < -0.4 is 5.32 Å². The number of aromatic nitrogens is 5. The molecule has 0 radical (unpaired) electrons. The van der Waals surface area contributed by atoms with Gasteiger partial charge < -0.3 is 4.98 Å². The number of carbonyl (C=O) groups excluding carboxylic acids is 1. The van der Waals surface area contributed by atoms with E-state index in [2.05, 4.69) is 30.2 Å². The van der Waals surface area contributed by atoms with Crippen LogP contribution in [0, 0.1) is 6.92 Å². The molecule has 7 heteroatoms. The first-order valence-electron chi connectivity index (χ1n) is 8.13. The second-order valence-corrected chi connectivity index (χ2v) is 5.91. The summed E-state index contributed by atoms with van der Waals surface area (Å²) in [7, 11) is 0. The number of hydrogen-bond donors (Lipinski definition) is 2. The van der Waals surface area contributed by atoms with Crippen molar-refractivity contribution < 1.29 is 4.79 Å². The molecular weight excluding hydrogens is 328 g/mol. The van der Waals surface area contributed by atoms with Crippen LogP contribution in [0.3, 0.4) is 0 Å². The van der Waals surface area contributed by atoms with Crippen molar-refractivity contribution in [2.45, 2.75) is 13.8 Å². The van der Waals surface area contributed by atoms with Gasteiger partial charge in [0.1, 0.15) is 5.69 Å². The van der Waals surface area contributed by atoms with E-state index in [1.165, 1.54) is 6.92 Å². The molecule has 0 atom stereocenters. The average molecular weight is 344 g/mol. The highest BCUT2D eigenvalue weighted by Crippen LogP contribution is 2.31. The van der Waals surface area contributed by atoms with Crippen molar-refractivity contribution in [3.8, 4) is 22.6 Å². The van der Waals surface area contributed by atoms with Crippen LogP contribution in [0.25, 0.3) is 33.7 Å². The van der Waals surface area contributed by atoms with Crippen molar-refractivity contribution in [3.05, 3.63) is 54.5 Å². The fraction of sp³-hybridized carbons (Fsp3) is 0.105. The summed E-state index contributed by atoms with van der Waals surface area (Å²) in [6, 6.07) is 11.5. The first-order chi connectivity index (χ1) is 12.6. The number of aromatic amines is 1. The van der Waals surface area contributed by atoms with Crippen molar-refractivity contribution in [2.75, 3.05) is 5.32 Å². The molecule has 0 unspecified atom stereocenters. The normalized spacial score (nSPS) is 10.8. The Morgan fingerprint density at radius 3 is 2.62 bits per heavy atom. The van der Waals surface area contributed by atoms with Crippen LogP contribution in [0.1, 0.15) is 12.6 Å². The highest BCUT2D eigenvalue weighted by Gasteiger charge is 2.16. The van der Waals surface area contributed by atoms with Crippen molar-refractivity contribution in [2.24, 2.45) is 0 Å². The number of benzene rings is 1. The molecule has 0 saturated carbocycles. The molecule has 0 saturated heterocycles. The number of H-pyrrole nitrogens is 1. The Morgan fingerprint density at radius 2 is 1.85 bits per heavy atom. The van der Waals surface area contributed by atoms with E-state index in [1.54, 1.807) is 12.4 Å². The zero-order valence-corrected chi connectivity index (χ0v) is 14.3. The van der Waals surface area contributed by atoms with Crippen LogP contribution in [0.2, 0.25) is 0 Å². The van der Waals surface area contributed by atoms with Crippen molar-refractivity contribution in [3.63, 3.8) is 0 Å². The van der Waals surface area contributed by atoms with E-state index in [1.807, 2.05) is 43.3 Å². The molecule has 26 heavy (non-hydrogen) atoms. The third-order valence-corrected chi connectivity index (χ3v) is 3.89. The van der Waals surface area contributed by atoms with Gasteiger partial charge in [-0.05, 0) is 31.2 Å². The van der Waals surface area contributed by atoms with Crippen molar-refractivity contribution in [1.82, 2.24) is 24.9 Å². The summed E-state index contributed by atoms with van der Waals surface area (Å²) in [6.45, 7) is 3.37. The minimum atomic E-state index is -0.196. The Kier molecular flexibility index (Phi) is 3.89. The predicted molar refractivity (Wildman–Crippen MR) is 99.4 cm³/mol. The molecule has 0 aliphatic rings. The highest BCUT2D eigenvalue weighted by molar-refractivity contribution is 5.90. The average Bonchev–Trinajstić information content (AvgIpc) is 3.04. The quantitative estimate of drug-likeness (QED) is 0.594. The summed E-state index contributed by atoms with van der Waals surface area (Å²) in [6.07, 6.45) is 3.32. The summed E-state index contributed by atoms with van der Waals surface area (Å²) < 4.78 is 0. The van der Waals surface area contributed by atoms with E-state index in [0.29, 0.717) is 11.6 Å². The topological polar surface area (TPSA) is 96.5 Å². The summed E-state index contributed by atoms with van der Waals surface area (Å²) in [4.78, 5) is 32.4. The SMILES string of the molecule is CC(=O)Nc1nc(-c2ccc3nccnc3c2)c(-c2cccc(C)n2)[nH]1. The highest BCUT2D eigenvalue weighted by atomic mass is 16.1. The molecule has 0 aliphatic carbocycles. The lowest BCUT2D eigenvalue weighted by molar-refractivity contribution is -0.114. The van der Waals surface area contributed by atoms with Gasteiger partial charge in [0.05, 0.1) is 22.4 Å². The standard InChI is InChI=1S/C19H16N6O/c1-11-4-3-5-15(22-11)18-17(24-19(25-18)23-12(2)26)13-6-7-14-16(10-13)21-9-8-20-14/h3-10H,1-2H3,(H2,23,24,25,26). The first-order valence-corrected chi connectivity index (χ1v) is 8.13. The third kappa shape index (κ3) is 3.02. The lowest BCUT2D eigenvalue weighted by atomic mass is 10.1. The number of carbonyl (C=O) groups is 1. The maximum absolute atomic E-state index is 11.4. The fourth-order valence-corrected chi connectivity index (χ4v) is 2.79. The third-order valence-electron chi connectivity index (χ3n) is 3.89. The number of hydrogen-bond acceptors (Lipinski definition) is 5. The van der Waals surface area contributed by atoms with Crippen LogP contribution in [-0.2, 0) is 4.79 Å². The molecule has 4 aromatic rings. The number of amides is 1. The molecule has 3 aromatic heterocycles. The van der Waals surface area contributed by atoms with Crippen LogP contribution in [-0.4, -0.2) is 30.8 Å². The molecule has 0 bridgehead atoms. The Hall–Kier alpha value is -3.61. The van der Waals surface area contributed by atoms with Gasteiger partial charge in [0, 0.05) is 30.6 Å². The summed E-state index contributed by atoms with van der Waals surface area (Å²) in [5.74, 6) is 0.184. The largest absolute Gasteiger partial charge is 0.322 e. The van der Waals surface area contributed by atoms with E-state index >= 15 is 0 Å². The van der Waals surface area contributed by atoms with E-state index < -0.39 is 0 Å². The molecule has 1 amide bonds. The molecule has 128 valence electrons. The van der Waals surface area contributed by atoms with Gasteiger partial charge in [-0.1, -0.05) is 12.1 Å². The van der Waals surface area contributed by atoms with Gasteiger partial charge in [-0.25, -0.2) is 4.98 Å². The van der Waals surface area contributed by atoms with Gasteiger partial charge in [0.2, 0.25) is 11.9 Å². The lowest BCUT2D eigenvalue weighted by Gasteiger charge is -2.04. The maximum Gasteiger partial charge on any atom is 0.223 e. The van der Waals surface area contributed by atoms with Crippen molar-refractivity contribution in [1.29, 1.82) is 0 Å². The van der Waals surface area contributed by atoms with Gasteiger partial charge in [0.25, 0.3) is 0 Å². The molecule has 0 aliphatic heterocycles. The Bertz CT molecular complexity index is 1120. The Morgan fingerprint density at radius 1 is 1.04 bits per heavy atom. The zero-order valence-electron chi connectivity index (χ0n) is 14.3. The Balaban J connectivity index is 1.90. The van der Waals surface area contributed by atoms with Crippen LogP contribution in [0.15, 0.2) is 48.8 Å². The monoisotopic (exact) mass is 344 g/mol. The van der Waals surface area contributed by atoms with E-state index in [-0.39, 0.29) is 5.91 Å². The summed E-state index contributed by atoms with van der Waals surface area (Å²) in [5.41, 5.74) is 5.53. The number of nitrogens with one attached hydrogen (secondary N) is 2. The molecule has 4 rings (SSSR count). The smallest absolute Gasteiger partial charge is 0.223 e. The minimum absolute atomic E-state index is 0.196. The zero-order chi connectivity index (χ0) is 18.1. The van der Waals surface area contributed by atoms with Crippen molar-refractivity contribution >= 4 is 22.9 Å². The van der Waals surface area contributed by atoms with E-state index in [4.69, 9.17) is 0 Å². The number of nitrogens with zero attached hydrogens (tertiary/aromatic N) is 4. The second kappa shape index (κ2) is 6.36. The molecule has 1 aromatic carbocycles. The number of imidazole rings is 1. The van der Waals surface area contributed by atoms with Crippen LogP contribution in [0.5, 0.6) is 0 Å². The van der Waals surface area contributed by atoms with E-state index in [9.17, 15) is 4.79 Å². The summed E-state index contributed by atoms with van der Waals surface area (Å²) >= 11 is 0. The fourth-order valence-electron chi connectivity index (χ4n) is 2.79. The van der Waals surface area contributed by atoms with Gasteiger partial charge in [0.15, 0.2) is 0 Å². The molecular formula is C19H16N6O. The number of pyridine rings is 1. The molecule has 0 fully saturated rings. The lowest BCUT2D eigenvalue weighted by Crippen LogP contribution is -2.06. The Labute approximate surface area is 149 Å². The number of rotatable bonds is 3. The predicted octanol–water partition coefficient (Wildman–Crippen LogP) is 3.35. The molecule has 3 heterocycles. The maximum atomic E-state index is 11.4. The van der Waals surface area contributed by atoms with Gasteiger partial charge in [-0.2, -0.15) is 0 Å². The second-order valence-electron chi connectivity index (χ2n) is 5.91. The number of aryl methyl sites for hydroxylation is 1.